The Morgan fingerprint density at radius 1 is 0.914 bits per heavy atom. The molecule has 1 unspecified atom stereocenters. The molecule has 2 amide bonds. The van der Waals surface area contributed by atoms with E-state index in [1.165, 1.54) is 0 Å². The first-order valence-corrected chi connectivity index (χ1v) is 12.4. The fourth-order valence-electron chi connectivity index (χ4n) is 4.61. The van der Waals surface area contributed by atoms with Crippen LogP contribution in [0.25, 0.3) is 11.1 Å². The van der Waals surface area contributed by atoms with Crippen LogP contribution in [0.3, 0.4) is 0 Å². The highest BCUT2D eigenvalue weighted by molar-refractivity contribution is 5.84. The number of benzene rings is 2. The molecular weight excluding hydrogens is 444 g/mol. The molecule has 0 spiro atoms. The van der Waals surface area contributed by atoms with Gasteiger partial charge in [-0.15, -0.1) is 0 Å². The van der Waals surface area contributed by atoms with Crippen molar-refractivity contribution in [2.24, 2.45) is 5.92 Å². The molecule has 3 N–H and O–H groups in total. The fourth-order valence-corrected chi connectivity index (χ4v) is 4.61. The SMILES string of the molecule is CCC[C@H](CC(=O)NC(CCC(C)C)C(=O)O)NC(=O)OCC1c2ccccc2-c2ccccc21. The van der Waals surface area contributed by atoms with E-state index in [4.69, 9.17) is 4.74 Å². The Kier molecular flexibility index (Phi) is 9.29. The monoisotopic (exact) mass is 480 g/mol. The molecule has 1 aliphatic rings. The summed E-state index contributed by atoms with van der Waals surface area (Å²) < 4.78 is 5.61. The van der Waals surface area contributed by atoms with Crippen molar-refractivity contribution in [3.05, 3.63) is 59.7 Å². The maximum atomic E-state index is 12.6. The van der Waals surface area contributed by atoms with E-state index in [1.54, 1.807) is 0 Å². The molecule has 0 aromatic heterocycles. The molecule has 188 valence electrons. The fraction of sp³-hybridized carbons (Fsp3) is 0.464. The van der Waals surface area contributed by atoms with Gasteiger partial charge >= 0.3 is 12.1 Å². The molecule has 35 heavy (non-hydrogen) atoms. The van der Waals surface area contributed by atoms with Gasteiger partial charge in [0.2, 0.25) is 5.91 Å². The number of fused-ring (bicyclic) bond motifs is 3. The molecule has 0 fully saturated rings. The van der Waals surface area contributed by atoms with Crippen LogP contribution in [-0.4, -0.2) is 41.8 Å². The number of carboxylic acid groups (broad SMARTS) is 1. The lowest BCUT2D eigenvalue weighted by Gasteiger charge is -2.21. The summed E-state index contributed by atoms with van der Waals surface area (Å²) in [7, 11) is 0. The van der Waals surface area contributed by atoms with Crippen molar-refractivity contribution < 1.29 is 24.2 Å². The van der Waals surface area contributed by atoms with Crippen LogP contribution >= 0.6 is 0 Å². The number of rotatable bonds is 12. The molecule has 7 nitrogen and oxygen atoms in total. The van der Waals surface area contributed by atoms with Crippen molar-refractivity contribution in [2.75, 3.05) is 6.61 Å². The number of amides is 2. The Morgan fingerprint density at radius 3 is 2.06 bits per heavy atom. The van der Waals surface area contributed by atoms with Crippen LogP contribution in [-0.2, 0) is 14.3 Å². The van der Waals surface area contributed by atoms with E-state index < -0.39 is 30.1 Å². The quantitative estimate of drug-likeness (QED) is 0.392. The molecular formula is C28H36N2O5. The molecule has 2 atom stereocenters. The van der Waals surface area contributed by atoms with Gasteiger partial charge in [-0.1, -0.05) is 75.7 Å². The second kappa shape index (κ2) is 12.4. The Bertz CT molecular complexity index is 990. The molecule has 0 bridgehead atoms. The summed E-state index contributed by atoms with van der Waals surface area (Å²) in [5.74, 6) is -1.13. The second-order valence-electron chi connectivity index (χ2n) is 9.59. The number of ether oxygens (including phenoxy) is 1. The number of hydrogen-bond acceptors (Lipinski definition) is 4. The van der Waals surface area contributed by atoms with Crippen LogP contribution in [0, 0.1) is 5.92 Å². The van der Waals surface area contributed by atoms with Gasteiger partial charge in [-0.2, -0.15) is 0 Å². The van der Waals surface area contributed by atoms with Gasteiger partial charge in [0.05, 0.1) is 0 Å². The van der Waals surface area contributed by atoms with Gasteiger partial charge in [0, 0.05) is 18.4 Å². The Hall–Kier alpha value is -3.35. The van der Waals surface area contributed by atoms with E-state index in [-0.39, 0.29) is 18.9 Å². The normalized spacial score (nSPS) is 14.1. The molecule has 3 rings (SSSR count). The molecule has 2 aromatic carbocycles. The third-order valence-electron chi connectivity index (χ3n) is 6.40. The van der Waals surface area contributed by atoms with Crippen LogP contribution < -0.4 is 10.6 Å². The summed E-state index contributed by atoms with van der Waals surface area (Å²) in [6.45, 7) is 6.18. The minimum Gasteiger partial charge on any atom is -0.480 e. The molecule has 2 aromatic rings. The first-order valence-electron chi connectivity index (χ1n) is 12.4. The van der Waals surface area contributed by atoms with E-state index in [9.17, 15) is 19.5 Å². The number of carbonyl (C=O) groups excluding carboxylic acids is 2. The van der Waals surface area contributed by atoms with Gasteiger partial charge in [0.15, 0.2) is 0 Å². The first-order chi connectivity index (χ1) is 16.8. The highest BCUT2D eigenvalue weighted by atomic mass is 16.5. The smallest absolute Gasteiger partial charge is 0.407 e. The van der Waals surface area contributed by atoms with Crippen molar-refractivity contribution in [3.63, 3.8) is 0 Å². The van der Waals surface area contributed by atoms with E-state index in [0.29, 0.717) is 25.2 Å². The lowest BCUT2D eigenvalue weighted by molar-refractivity contribution is -0.142. The third kappa shape index (κ3) is 7.07. The molecule has 0 aliphatic heterocycles. The Balaban J connectivity index is 1.56. The standard InChI is InChI=1S/C28H36N2O5/c1-4-9-19(16-26(31)30-25(27(32)33)15-14-18(2)3)29-28(34)35-17-24-22-12-7-5-10-20(22)21-11-6-8-13-23(21)24/h5-8,10-13,18-19,24-25H,4,9,14-17H2,1-3H3,(H,29,34)(H,30,31)(H,32,33)/t19-,25?/m1/s1. The topological polar surface area (TPSA) is 105 Å². The van der Waals surface area contributed by atoms with Gasteiger partial charge in [0.1, 0.15) is 12.6 Å². The minimum absolute atomic E-state index is 0.00347. The predicted octanol–water partition coefficient (Wildman–Crippen LogP) is 5.09. The average molecular weight is 481 g/mol. The van der Waals surface area contributed by atoms with Gasteiger partial charge < -0.3 is 20.5 Å². The second-order valence-corrected chi connectivity index (χ2v) is 9.59. The van der Waals surface area contributed by atoms with E-state index in [0.717, 1.165) is 28.7 Å². The van der Waals surface area contributed by atoms with Crippen LogP contribution in [0.5, 0.6) is 0 Å². The Morgan fingerprint density at radius 2 is 1.51 bits per heavy atom. The van der Waals surface area contributed by atoms with Gasteiger partial charge in [0.25, 0.3) is 0 Å². The molecule has 1 aliphatic carbocycles. The van der Waals surface area contributed by atoms with Crippen molar-refractivity contribution in [1.29, 1.82) is 0 Å². The molecule has 7 heteroatoms. The molecule has 0 radical (unpaired) electrons. The summed E-state index contributed by atoms with van der Waals surface area (Å²) >= 11 is 0. The maximum Gasteiger partial charge on any atom is 0.407 e. The number of alkyl carbamates (subject to hydrolysis) is 1. The van der Waals surface area contributed by atoms with Crippen LogP contribution in [0.2, 0.25) is 0 Å². The summed E-state index contributed by atoms with van der Waals surface area (Å²) in [4.78, 5) is 36.7. The van der Waals surface area contributed by atoms with E-state index in [2.05, 4.69) is 34.9 Å². The number of carbonyl (C=O) groups is 3. The van der Waals surface area contributed by atoms with Crippen LogP contribution in [0.4, 0.5) is 4.79 Å². The zero-order chi connectivity index (χ0) is 25.4. The minimum atomic E-state index is -1.05. The van der Waals surface area contributed by atoms with Gasteiger partial charge in [-0.3, -0.25) is 4.79 Å². The summed E-state index contributed by atoms with van der Waals surface area (Å²) in [6.07, 6.45) is 1.85. The summed E-state index contributed by atoms with van der Waals surface area (Å²) in [6, 6.07) is 14.9. The van der Waals surface area contributed by atoms with Gasteiger partial charge in [-0.05, 0) is 47.4 Å². The van der Waals surface area contributed by atoms with Crippen molar-refractivity contribution in [3.8, 4) is 11.1 Å². The number of hydrogen-bond donors (Lipinski definition) is 3. The molecule has 0 heterocycles. The predicted molar refractivity (Wildman–Crippen MR) is 135 cm³/mol. The lowest BCUT2D eigenvalue weighted by atomic mass is 9.98. The average Bonchev–Trinajstić information content (AvgIpc) is 3.14. The number of aliphatic carboxylic acids is 1. The largest absolute Gasteiger partial charge is 0.480 e. The third-order valence-corrected chi connectivity index (χ3v) is 6.40. The van der Waals surface area contributed by atoms with Crippen molar-refractivity contribution in [1.82, 2.24) is 10.6 Å². The Labute approximate surface area is 207 Å². The van der Waals surface area contributed by atoms with E-state index in [1.807, 2.05) is 45.0 Å². The highest BCUT2D eigenvalue weighted by Gasteiger charge is 2.29. The van der Waals surface area contributed by atoms with E-state index >= 15 is 0 Å². The van der Waals surface area contributed by atoms with Crippen LogP contribution in [0.15, 0.2) is 48.5 Å². The zero-order valence-electron chi connectivity index (χ0n) is 20.8. The van der Waals surface area contributed by atoms with Crippen molar-refractivity contribution in [2.45, 2.75) is 70.9 Å². The van der Waals surface area contributed by atoms with Gasteiger partial charge in [-0.25, -0.2) is 9.59 Å². The maximum absolute atomic E-state index is 12.6. The molecule has 0 saturated carbocycles. The highest BCUT2D eigenvalue weighted by Crippen LogP contribution is 2.44. The summed E-state index contributed by atoms with van der Waals surface area (Å²) in [5.41, 5.74) is 4.57. The molecule has 0 saturated heterocycles. The summed E-state index contributed by atoms with van der Waals surface area (Å²) in [5, 5.41) is 14.8. The number of carboxylic acids is 1. The first kappa shape index (κ1) is 26.3. The lowest BCUT2D eigenvalue weighted by Crippen LogP contribution is -2.45. The van der Waals surface area contributed by atoms with Crippen LogP contribution in [0.1, 0.15) is 69.9 Å². The zero-order valence-corrected chi connectivity index (χ0v) is 20.8. The number of nitrogens with one attached hydrogen (secondary N) is 2. The van der Waals surface area contributed by atoms with Crippen molar-refractivity contribution >= 4 is 18.0 Å².